The molecule has 2 rings (SSSR count). The third-order valence-electron chi connectivity index (χ3n) is 3.54. The van der Waals surface area contributed by atoms with Crippen molar-refractivity contribution in [1.29, 1.82) is 0 Å². The number of hydrogen-bond donors (Lipinski definition) is 1. The van der Waals surface area contributed by atoms with Crippen LogP contribution >= 0.6 is 57.7 Å². The van der Waals surface area contributed by atoms with Gasteiger partial charge in [0.15, 0.2) is 12.3 Å². The molecule has 0 spiro atoms. The molecular formula is C16H12Cl4N2O5S. The number of aryl methyl sites for hydroxylation is 1. The van der Waals surface area contributed by atoms with Gasteiger partial charge in [-0.2, -0.15) is 0 Å². The normalized spacial score (nSPS) is 10.5. The summed E-state index contributed by atoms with van der Waals surface area (Å²) in [6.45, 7) is 2.87. The van der Waals surface area contributed by atoms with Gasteiger partial charge in [-0.25, -0.2) is 14.6 Å². The first-order chi connectivity index (χ1) is 13.1. The van der Waals surface area contributed by atoms with Gasteiger partial charge >= 0.3 is 11.9 Å². The van der Waals surface area contributed by atoms with E-state index in [1.54, 1.807) is 13.8 Å². The first kappa shape index (κ1) is 22.7. The van der Waals surface area contributed by atoms with E-state index in [2.05, 4.69) is 10.3 Å². The molecule has 2 aromatic rings. The minimum Gasteiger partial charge on any atom is -0.465 e. The fourth-order valence-electron chi connectivity index (χ4n) is 2.05. The summed E-state index contributed by atoms with van der Waals surface area (Å²) in [6, 6.07) is 0. The van der Waals surface area contributed by atoms with E-state index in [4.69, 9.17) is 55.9 Å². The van der Waals surface area contributed by atoms with Crippen LogP contribution in [0.5, 0.6) is 0 Å². The van der Waals surface area contributed by atoms with E-state index in [0.29, 0.717) is 5.56 Å². The number of carbonyl (C=O) groups excluding carboxylic acids is 3. The van der Waals surface area contributed by atoms with Gasteiger partial charge in [-0.15, -0.1) is 11.3 Å². The standard InChI is InChI=1S/C16H12Cl4N2O5S/c1-5-6(2)28-14(8(5)15(24)26-3)21-7(23)4-27-16(25)12-10(18)9(17)11(19)13(20)22-12/h4H2,1-3H3,(H,21,23). The number of hydrogen-bond acceptors (Lipinski definition) is 7. The molecule has 1 amide bonds. The Morgan fingerprint density at radius 3 is 2.29 bits per heavy atom. The Morgan fingerprint density at radius 1 is 1.04 bits per heavy atom. The molecular weight excluding hydrogens is 474 g/mol. The molecule has 2 aromatic heterocycles. The molecule has 28 heavy (non-hydrogen) atoms. The number of nitrogens with one attached hydrogen (secondary N) is 1. The summed E-state index contributed by atoms with van der Waals surface area (Å²) in [5, 5.41) is 2.05. The van der Waals surface area contributed by atoms with Crippen molar-refractivity contribution in [2.24, 2.45) is 0 Å². The van der Waals surface area contributed by atoms with Crippen LogP contribution in [0.4, 0.5) is 5.00 Å². The SMILES string of the molecule is COC(=O)c1c(NC(=O)COC(=O)c2nc(Cl)c(Cl)c(Cl)c2Cl)sc(C)c1C. The molecule has 0 aliphatic heterocycles. The first-order valence-electron chi connectivity index (χ1n) is 7.43. The number of thiophene rings is 1. The smallest absolute Gasteiger partial charge is 0.359 e. The Hall–Kier alpha value is -1.58. The monoisotopic (exact) mass is 484 g/mol. The van der Waals surface area contributed by atoms with Crippen molar-refractivity contribution in [3.63, 3.8) is 0 Å². The molecule has 2 heterocycles. The summed E-state index contributed by atoms with van der Waals surface area (Å²) in [6.07, 6.45) is 0. The van der Waals surface area contributed by atoms with Crippen LogP contribution in [-0.4, -0.2) is 36.5 Å². The molecule has 0 aromatic carbocycles. The van der Waals surface area contributed by atoms with Crippen LogP contribution in [0.15, 0.2) is 0 Å². The van der Waals surface area contributed by atoms with Gasteiger partial charge in [-0.1, -0.05) is 46.4 Å². The van der Waals surface area contributed by atoms with Crippen LogP contribution in [0.1, 0.15) is 31.3 Å². The molecule has 0 saturated carbocycles. The second-order valence-corrected chi connectivity index (χ2v) is 8.01. The lowest BCUT2D eigenvalue weighted by molar-refractivity contribution is -0.119. The summed E-state index contributed by atoms with van der Waals surface area (Å²) in [5.41, 5.74) is 0.545. The first-order valence-corrected chi connectivity index (χ1v) is 9.76. The maximum Gasteiger partial charge on any atom is 0.359 e. The van der Waals surface area contributed by atoms with Crippen molar-refractivity contribution in [2.45, 2.75) is 13.8 Å². The highest BCUT2D eigenvalue weighted by Gasteiger charge is 2.24. The molecule has 0 radical (unpaired) electrons. The zero-order valence-corrected chi connectivity index (χ0v) is 18.5. The Bertz CT molecular complexity index is 977. The number of carbonyl (C=O) groups is 3. The van der Waals surface area contributed by atoms with Gasteiger partial charge in [0.25, 0.3) is 5.91 Å². The van der Waals surface area contributed by atoms with Crippen molar-refractivity contribution < 1.29 is 23.9 Å². The van der Waals surface area contributed by atoms with Gasteiger partial charge in [-0.3, -0.25) is 4.79 Å². The quantitative estimate of drug-likeness (QED) is 0.475. The van der Waals surface area contributed by atoms with Gasteiger partial charge < -0.3 is 14.8 Å². The highest BCUT2D eigenvalue weighted by Crippen LogP contribution is 2.36. The summed E-state index contributed by atoms with van der Waals surface area (Å²) in [4.78, 5) is 40.7. The topological polar surface area (TPSA) is 94.6 Å². The number of methoxy groups -OCH3 is 1. The number of aromatic nitrogens is 1. The summed E-state index contributed by atoms with van der Waals surface area (Å²) >= 11 is 24.5. The van der Waals surface area contributed by atoms with Crippen LogP contribution in [0.25, 0.3) is 0 Å². The molecule has 0 unspecified atom stereocenters. The number of anilines is 1. The van der Waals surface area contributed by atoms with E-state index in [0.717, 1.165) is 4.88 Å². The number of esters is 2. The molecule has 0 atom stereocenters. The van der Waals surface area contributed by atoms with Crippen LogP contribution in [0.2, 0.25) is 20.2 Å². The lowest BCUT2D eigenvalue weighted by Gasteiger charge is -2.09. The lowest BCUT2D eigenvalue weighted by atomic mass is 10.1. The summed E-state index contributed by atoms with van der Waals surface area (Å²) in [5.74, 6) is -2.29. The minimum absolute atomic E-state index is 0.110. The lowest BCUT2D eigenvalue weighted by Crippen LogP contribution is -2.22. The predicted molar refractivity (Wildman–Crippen MR) is 108 cm³/mol. The number of rotatable bonds is 5. The van der Waals surface area contributed by atoms with Crippen LogP contribution < -0.4 is 5.32 Å². The van der Waals surface area contributed by atoms with Crippen molar-refractivity contribution in [1.82, 2.24) is 4.98 Å². The maximum atomic E-state index is 12.1. The van der Waals surface area contributed by atoms with E-state index in [1.807, 2.05) is 0 Å². The predicted octanol–water partition coefficient (Wildman–Crippen LogP) is 4.96. The van der Waals surface area contributed by atoms with Crippen LogP contribution in [0, 0.1) is 13.8 Å². The molecule has 7 nitrogen and oxygen atoms in total. The third kappa shape index (κ3) is 4.69. The zero-order valence-electron chi connectivity index (χ0n) is 14.6. The summed E-state index contributed by atoms with van der Waals surface area (Å²) < 4.78 is 9.61. The zero-order chi connectivity index (χ0) is 21.2. The molecule has 0 aliphatic rings. The molecule has 0 aliphatic carbocycles. The molecule has 0 bridgehead atoms. The molecule has 12 heteroatoms. The fraction of sp³-hybridized carbons (Fsp3) is 0.250. The summed E-state index contributed by atoms with van der Waals surface area (Å²) in [7, 11) is 1.24. The number of halogens is 4. The van der Waals surface area contributed by atoms with Gasteiger partial charge in [0.1, 0.15) is 10.2 Å². The molecule has 150 valence electrons. The van der Waals surface area contributed by atoms with E-state index >= 15 is 0 Å². The Labute approximate surface area is 183 Å². The van der Waals surface area contributed by atoms with E-state index in [-0.39, 0.29) is 36.5 Å². The minimum atomic E-state index is -1.02. The second kappa shape index (κ2) is 9.28. The van der Waals surface area contributed by atoms with Crippen molar-refractivity contribution >= 4 is 80.6 Å². The highest BCUT2D eigenvalue weighted by molar-refractivity contribution is 7.16. The molecule has 1 N–H and O–H groups in total. The largest absolute Gasteiger partial charge is 0.465 e. The Morgan fingerprint density at radius 2 is 1.68 bits per heavy atom. The number of nitrogens with zero attached hydrogens (tertiary/aromatic N) is 1. The number of amides is 1. The van der Waals surface area contributed by atoms with Gasteiger partial charge in [0, 0.05) is 4.88 Å². The average molecular weight is 486 g/mol. The van der Waals surface area contributed by atoms with Crippen LogP contribution in [0.3, 0.4) is 0 Å². The molecule has 0 fully saturated rings. The maximum absolute atomic E-state index is 12.1. The van der Waals surface area contributed by atoms with Gasteiger partial charge in [0.2, 0.25) is 0 Å². The Balaban J connectivity index is 2.11. The highest BCUT2D eigenvalue weighted by atomic mass is 35.5. The number of pyridine rings is 1. The van der Waals surface area contributed by atoms with Gasteiger partial charge in [0.05, 0.1) is 27.7 Å². The fourth-order valence-corrected chi connectivity index (χ4v) is 3.92. The number of ether oxygens (including phenoxy) is 2. The molecule has 0 saturated heterocycles. The second-order valence-electron chi connectivity index (χ2n) is 5.30. The Kier molecular flexibility index (Phi) is 7.52. The average Bonchev–Trinajstić information content (AvgIpc) is 2.93. The van der Waals surface area contributed by atoms with E-state index < -0.39 is 24.5 Å². The van der Waals surface area contributed by atoms with E-state index in [1.165, 1.54) is 18.4 Å². The van der Waals surface area contributed by atoms with Crippen molar-refractivity contribution in [3.8, 4) is 0 Å². The van der Waals surface area contributed by atoms with Gasteiger partial charge in [-0.05, 0) is 19.4 Å². The van der Waals surface area contributed by atoms with E-state index in [9.17, 15) is 14.4 Å². The van der Waals surface area contributed by atoms with Crippen LogP contribution in [-0.2, 0) is 14.3 Å². The third-order valence-corrected chi connectivity index (χ3v) is 6.34. The van der Waals surface area contributed by atoms with Crippen molar-refractivity contribution in [3.05, 3.63) is 41.9 Å². The van der Waals surface area contributed by atoms with Crippen molar-refractivity contribution in [2.75, 3.05) is 19.0 Å².